The number of imidazole rings is 1. The fourth-order valence-electron chi connectivity index (χ4n) is 3.14. The topological polar surface area (TPSA) is 59.8 Å². The van der Waals surface area contributed by atoms with Crippen molar-refractivity contribution in [1.82, 2.24) is 14.5 Å². The zero-order valence-corrected chi connectivity index (χ0v) is 16.4. The first kappa shape index (κ1) is 19.9. The van der Waals surface area contributed by atoms with E-state index in [1.165, 1.54) is 0 Å². The van der Waals surface area contributed by atoms with Crippen LogP contribution in [-0.2, 0) is 13.1 Å². The Morgan fingerprint density at radius 3 is 2.61 bits per heavy atom. The SMILES string of the molecule is CCOc1cccc(CN(CCO)Cc2nccn2-c2ccc(OC)cc2)c1. The van der Waals surface area contributed by atoms with Gasteiger partial charge in [0, 0.05) is 31.2 Å². The molecular weight excluding hydrogens is 354 g/mol. The zero-order valence-electron chi connectivity index (χ0n) is 16.4. The Kier molecular flexibility index (Phi) is 7.06. The van der Waals surface area contributed by atoms with Gasteiger partial charge < -0.3 is 19.1 Å². The summed E-state index contributed by atoms with van der Waals surface area (Å²) in [6, 6.07) is 16.0. The van der Waals surface area contributed by atoms with E-state index in [4.69, 9.17) is 9.47 Å². The molecule has 0 saturated heterocycles. The normalized spacial score (nSPS) is 11.0. The Morgan fingerprint density at radius 2 is 1.89 bits per heavy atom. The highest BCUT2D eigenvalue weighted by Crippen LogP contribution is 2.19. The minimum atomic E-state index is 0.0917. The third-order valence-electron chi connectivity index (χ3n) is 4.46. The van der Waals surface area contributed by atoms with E-state index < -0.39 is 0 Å². The third-order valence-corrected chi connectivity index (χ3v) is 4.46. The molecule has 2 aromatic carbocycles. The summed E-state index contributed by atoms with van der Waals surface area (Å²) in [5, 5.41) is 9.52. The summed E-state index contributed by atoms with van der Waals surface area (Å²) in [7, 11) is 1.66. The molecule has 1 N–H and O–H groups in total. The van der Waals surface area contributed by atoms with Gasteiger partial charge in [-0.3, -0.25) is 4.90 Å². The number of hydrogen-bond donors (Lipinski definition) is 1. The first-order chi connectivity index (χ1) is 13.7. The van der Waals surface area contributed by atoms with E-state index in [1.54, 1.807) is 13.3 Å². The van der Waals surface area contributed by atoms with Gasteiger partial charge in [-0.15, -0.1) is 0 Å². The summed E-state index contributed by atoms with van der Waals surface area (Å²) in [6.07, 6.45) is 3.75. The highest BCUT2D eigenvalue weighted by atomic mass is 16.5. The van der Waals surface area contributed by atoms with Crippen molar-refractivity contribution < 1.29 is 14.6 Å². The van der Waals surface area contributed by atoms with Crippen LogP contribution >= 0.6 is 0 Å². The van der Waals surface area contributed by atoms with Crippen LogP contribution in [0.25, 0.3) is 5.69 Å². The number of aromatic nitrogens is 2. The van der Waals surface area contributed by atoms with Crippen LogP contribution in [0.2, 0.25) is 0 Å². The third kappa shape index (κ3) is 5.12. The lowest BCUT2D eigenvalue weighted by molar-refractivity contribution is 0.180. The number of rotatable bonds is 10. The second-order valence-electron chi connectivity index (χ2n) is 6.43. The standard InChI is InChI=1S/C22H27N3O3/c1-3-28-21-6-4-5-18(15-21)16-24(13-14-26)17-22-23-11-12-25(22)19-7-9-20(27-2)10-8-19/h4-12,15,26H,3,13-14,16-17H2,1-2H3. The summed E-state index contributed by atoms with van der Waals surface area (Å²) >= 11 is 0. The average Bonchev–Trinajstić information content (AvgIpc) is 3.17. The Bertz CT molecular complexity index is 861. The number of benzene rings is 2. The maximum atomic E-state index is 9.52. The predicted molar refractivity (Wildman–Crippen MR) is 109 cm³/mol. The second kappa shape index (κ2) is 9.92. The van der Waals surface area contributed by atoms with Crippen LogP contribution in [0.1, 0.15) is 18.3 Å². The first-order valence-electron chi connectivity index (χ1n) is 9.45. The smallest absolute Gasteiger partial charge is 0.127 e. The van der Waals surface area contributed by atoms with E-state index >= 15 is 0 Å². The number of nitrogens with zero attached hydrogens (tertiary/aromatic N) is 3. The Labute approximate surface area is 166 Å². The minimum Gasteiger partial charge on any atom is -0.497 e. The van der Waals surface area contributed by atoms with Gasteiger partial charge in [-0.1, -0.05) is 12.1 Å². The van der Waals surface area contributed by atoms with Crippen LogP contribution in [0.3, 0.4) is 0 Å². The maximum absolute atomic E-state index is 9.52. The molecule has 0 spiro atoms. The number of aliphatic hydroxyl groups is 1. The first-order valence-corrected chi connectivity index (χ1v) is 9.45. The molecular formula is C22H27N3O3. The van der Waals surface area contributed by atoms with Gasteiger partial charge in [0.25, 0.3) is 0 Å². The molecule has 28 heavy (non-hydrogen) atoms. The van der Waals surface area contributed by atoms with Gasteiger partial charge in [0.1, 0.15) is 17.3 Å². The molecule has 0 saturated carbocycles. The van der Waals surface area contributed by atoms with Crippen molar-refractivity contribution in [3.8, 4) is 17.2 Å². The summed E-state index contributed by atoms with van der Waals surface area (Å²) in [5.41, 5.74) is 2.16. The average molecular weight is 381 g/mol. The summed E-state index contributed by atoms with van der Waals surface area (Å²) in [5.74, 6) is 2.60. The molecule has 0 atom stereocenters. The predicted octanol–water partition coefficient (Wildman–Crippen LogP) is 3.27. The number of aliphatic hydroxyl groups excluding tert-OH is 1. The van der Waals surface area contributed by atoms with E-state index in [-0.39, 0.29) is 6.61 Å². The van der Waals surface area contributed by atoms with Crippen molar-refractivity contribution >= 4 is 0 Å². The fourth-order valence-corrected chi connectivity index (χ4v) is 3.14. The molecule has 0 amide bonds. The summed E-state index contributed by atoms with van der Waals surface area (Å²) in [4.78, 5) is 6.70. The lowest BCUT2D eigenvalue weighted by Gasteiger charge is -2.22. The van der Waals surface area contributed by atoms with Crippen LogP contribution in [0.5, 0.6) is 11.5 Å². The van der Waals surface area contributed by atoms with E-state index in [1.807, 2.05) is 55.6 Å². The molecule has 1 aromatic heterocycles. The molecule has 0 bridgehead atoms. The molecule has 3 rings (SSSR count). The zero-order chi connectivity index (χ0) is 19.8. The Balaban J connectivity index is 1.76. The molecule has 0 aliphatic rings. The molecule has 0 aliphatic carbocycles. The van der Waals surface area contributed by atoms with Crippen LogP contribution < -0.4 is 9.47 Å². The van der Waals surface area contributed by atoms with E-state index in [9.17, 15) is 5.11 Å². The molecule has 6 heteroatoms. The lowest BCUT2D eigenvalue weighted by atomic mass is 10.2. The highest BCUT2D eigenvalue weighted by molar-refractivity contribution is 5.38. The van der Waals surface area contributed by atoms with Crippen molar-refractivity contribution in [2.75, 3.05) is 26.9 Å². The monoisotopic (exact) mass is 381 g/mol. The van der Waals surface area contributed by atoms with Crippen LogP contribution in [0, 0.1) is 0 Å². The van der Waals surface area contributed by atoms with Gasteiger partial charge in [0.2, 0.25) is 0 Å². The minimum absolute atomic E-state index is 0.0917. The van der Waals surface area contributed by atoms with Crippen molar-refractivity contribution in [2.45, 2.75) is 20.0 Å². The summed E-state index contributed by atoms with van der Waals surface area (Å²) in [6.45, 7) is 4.60. The molecule has 0 unspecified atom stereocenters. The number of methoxy groups -OCH3 is 1. The van der Waals surface area contributed by atoms with E-state index in [0.717, 1.165) is 28.6 Å². The molecule has 0 radical (unpaired) electrons. The van der Waals surface area contributed by atoms with Crippen LogP contribution in [0.15, 0.2) is 60.9 Å². The quantitative estimate of drug-likeness (QED) is 0.584. The van der Waals surface area contributed by atoms with E-state index in [0.29, 0.717) is 26.2 Å². The fraction of sp³-hybridized carbons (Fsp3) is 0.318. The van der Waals surface area contributed by atoms with Gasteiger partial charge in [-0.25, -0.2) is 4.98 Å². The van der Waals surface area contributed by atoms with Gasteiger partial charge in [0.15, 0.2) is 0 Å². The van der Waals surface area contributed by atoms with Crippen molar-refractivity contribution in [2.24, 2.45) is 0 Å². The molecule has 0 fully saturated rings. The number of hydrogen-bond acceptors (Lipinski definition) is 5. The Hall–Kier alpha value is -2.83. The Morgan fingerprint density at radius 1 is 1.07 bits per heavy atom. The van der Waals surface area contributed by atoms with Crippen molar-refractivity contribution in [3.05, 3.63) is 72.3 Å². The maximum Gasteiger partial charge on any atom is 0.127 e. The summed E-state index contributed by atoms with van der Waals surface area (Å²) < 4.78 is 12.9. The largest absolute Gasteiger partial charge is 0.497 e. The van der Waals surface area contributed by atoms with Crippen molar-refractivity contribution in [3.63, 3.8) is 0 Å². The highest BCUT2D eigenvalue weighted by Gasteiger charge is 2.12. The van der Waals surface area contributed by atoms with Gasteiger partial charge >= 0.3 is 0 Å². The van der Waals surface area contributed by atoms with Crippen LogP contribution in [0.4, 0.5) is 0 Å². The van der Waals surface area contributed by atoms with Gasteiger partial charge in [-0.2, -0.15) is 0 Å². The lowest BCUT2D eigenvalue weighted by Crippen LogP contribution is -2.27. The molecule has 1 heterocycles. The van der Waals surface area contributed by atoms with Crippen LogP contribution in [-0.4, -0.2) is 46.4 Å². The molecule has 6 nitrogen and oxygen atoms in total. The second-order valence-corrected chi connectivity index (χ2v) is 6.43. The molecule has 3 aromatic rings. The van der Waals surface area contributed by atoms with Crippen molar-refractivity contribution in [1.29, 1.82) is 0 Å². The molecule has 148 valence electrons. The molecule has 0 aliphatic heterocycles. The number of ether oxygens (including phenoxy) is 2. The van der Waals surface area contributed by atoms with E-state index in [2.05, 4.69) is 20.5 Å². The van der Waals surface area contributed by atoms with Gasteiger partial charge in [-0.05, 0) is 48.9 Å². The van der Waals surface area contributed by atoms with Gasteiger partial charge in [0.05, 0.1) is 26.9 Å².